The van der Waals surface area contributed by atoms with E-state index in [0.29, 0.717) is 5.01 Å². The summed E-state index contributed by atoms with van der Waals surface area (Å²) in [5, 5.41) is 4.42. The summed E-state index contributed by atoms with van der Waals surface area (Å²) >= 11 is 0.978. The van der Waals surface area contributed by atoms with Crippen LogP contribution in [0.3, 0.4) is 0 Å². The molecular formula is C5H7ClN2O3S2. The summed E-state index contributed by atoms with van der Waals surface area (Å²) in [6.07, 6.45) is 0. The second-order valence-corrected chi connectivity index (χ2v) is 6.39. The Hall–Kier alpha value is -0.400. The Morgan fingerprint density at radius 1 is 1.62 bits per heavy atom. The van der Waals surface area contributed by atoms with Crippen molar-refractivity contribution in [2.45, 2.75) is 13.5 Å². The minimum absolute atomic E-state index is 0.00894. The normalized spacial score (nSPS) is 11.8. The topological polar surface area (TPSA) is 69.0 Å². The highest BCUT2D eigenvalue weighted by Gasteiger charge is 2.08. The van der Waals surface area contributed by atoms with Crippen molar-refractivity contribution in [1.82, 2.24) is 9.78 Å². The molecule has 8 heteroatoms. The van der Waals surface area contributed by atoms with E-state index in [4.69, 9.17) is 10.7 Å². The Kier molecular flexibility index (Phi) is 3.09. The van der Waals surface area contributed by atoms with Gasteiger partial charge in [-0.25, -0.2) is 13.1 Å². The van der Waals surface area contributed by atoms with Gasteiger partial charge in [0.2, 0.25) is 9.05 Å². The number of hydrogen-bond acceptors (Lipinski definition) is 5. The number of aryl methyl sites for hydroxylation is 2. The Balaban J connectivity index is 2.76. The second-order valence-electron chi connectivity index (χ2n) is 2.35. The van der Waals surface area contributed by atoms with Crippen molar-refractivity contribution in [3.8, 4) is 0 Å². The van der Waals surface area contributed by atoms with Gasteiger partial charge in [-0.1, -0.05) is 11.3 Å². The van der Waals surface area contributed by atoms with Gasteiger partial charge in [-0.15, -0.1) is 0 Å². The van der Waals surface area contributed by atoms with E-state index in [-0.39, 0.29) is 17.2 Å². The van der Waals surface area contributed by atoms with Crippen molar-refractivity contribution in [3.63, 3.8) is 0 Å². The van der Waals surface area contributed by atoms with Gasteiger partial charge in [0.15, 0.2) is 0 Å². The van der Waals surface area contributed by atoms with Crippen LogP contribution >= 0.6 is 22.0 Å². The van der Waals surface area contributed by atoms with Gasteiger partial charge in [-0.05, 0) is 6.92 Å². The number of rotatable bonds is 3. The fourth-order valence-electron chi connectivity index (χ4n) is 0.747. The maximum absolute atomic E-state index is 11.0. The van der Waals surface area contributed by atoms with Crippen molar-refractivity contribution in [3.05, 3.63) is 14.7 Å². The first kappa shape index (κ1) is 10.7. The SMILES string of the molecule is Cc1nn(CCS(=O)(=O)Cl)c(=O)s1. The standard InChI is InChI=1S/C5H7ClN2O3S2/c1-4-7-8(5(9)12-4)2-3-13(6,10)11/h2-3H2,1H3. The third kappa shape index (κ3) is 3.45. The summed E-state index contributed by atoms with van der Waals surface area (Å²) in [5.41, 5.74) is 0. The zero-order valence-corrected chi connectivity index (χ0v) is 9.12. The van der Waals surface area contributed by atoms with Gasteiger partial charge < -0.3 is 0 Å². The van der Waals surface area contributed by atoms with Crippen molar-refractivity contribution in [2.24, 2.45) is 0 Å². The van der Waals surface area contributed by atoms with Crippen LogP contribution in [-0.2, 0) is 15.6 Å². The van der Waals surface area contributed by atoms with E-state index in [1.165, 1.54) is 0 Å². The van der Waals surface area contributed by atoms with Crippen LogP contribution in [0.15, 0.2) is 4.79 Å². The van der Waals surface area contributed by atoms with E-state index >= 15 is 0 Å². The number of halogens is 1. The Labute approximate surface area is 83.4 Å². The quantitative estimate of drug-likeness (QED) is 0.710. The summed E-state index contributed by atoms with van der Waals surface area (Å²) in [6, 6.07) is 0. The minimum Gasteiger partial charge on any atom is -0.255 e. The summed E-state index contributed by atoms with van der Waals surface area (Å²) in [7, 11) is 1.42. The molecule has 0 aliphatic carbocycles. The van der Waals surface area contributed by atoms with Gasteiger partial charge in [0.1, 0.15) is 5.01 Å². The molecule has 0 N–H and O–H groups in total. The summed E-state index contributed by atoms with van der Waals surface area (Å²) < 4.78 is 22.2. The molecule has 1 heterocycles. The van der Waals surface area contributed by atoms with Gasteiger partial charge >= 0.3 is 4.87 Å². The third-order valence-electron chi connectivity index (χ3n) is 1.25. The van der Waals surface area contributed by atoms with E-state index < -0.39 is 9.05 Å². The van der Waals surface area contributed by atoms with Crippen LogP contribution in [-0.4, -0.2) is 24.0 Å². The molecule has 0 spiro atoms. The summed E-state index contributed by atoms with van der Waals surface area (Å²) in [4.78, 5) is 10.8. The van der Waals surface area contributed by atoms with Gasteiger partial charge in [0, 0.05) is 10.7 Å². The molecule has 13 heavy (non-hydrogen) atoms. The molecule has 0 saturated heterocycles. The summed E-state index contributed by atoms with van der Waals surface area (Å²) in [6.45, 7) is 1.69. The second kappa shape index (κ2) is 3.77. The van der Waals surface area contributed by atoms with Gasteiger partial charge in [-0.2, -0.15) is 5.10 Å². The van der Waals surface area contributed by atoms with E-state index in [1.54, 1.807) is 6.92 Å². The highest BCUT2D eigenvalue weighted by atomic mass is 35.7. The Morgan fingerprint density at radius 3 is 2.62 bits per heavy atom. The van der Waals surface area contributed by atoms with E-state index in [9.17, 15) is 13.2 Å². The molecule has 1 rings (SSSR count). The molecule has 1 aromatic rings. The zero-order valence-electron chi connectivity index (χ0n) is 6.73. The third-order valence-corrected chi connectivity index (χ3v) is 3.15. The molecule has 0 unspecified atom stereocenters. The fraction of sp³-hybridized carbons (Fsp3) is 0.600. The predicted octanol–water partition coefficient (Wildman–Crippen LogP) is 0.182. The first-order valence-corrected chi connectivity index (χ1v) is 6.65. The van der Waals surface area contributed by atoms with Gasteiger partial charge in [0.05, 0.1) is 12.3 Å². The largest absolute Gasteiger partial charge is 0.325 e. The zero-order chi connectivity index (χ0) is 10.1. The monoisotopic (exact) mass is 242 g/mol. The van der Waals surface area contributed by atoms with Crippen LogP contribution < -0.4 is 4.87 Å². The molecular weight excluding hydrogens is 236 g/mol. The first-order chi connectivity index (χ1) is 5.88. The molecule has 0 amide bonds. The number of hydrogen-bond donors (Lipinski definition) is 0. The lowest BCUT2D eigenvalue weighted by atomic mass is 10.8. The molecule has 74 valence electrons. The maximum atomic E-state index is 11.0. The fourth-order valence-corrected chi connectivity index (χ4v) is 1.97. The average Bonchev–Trinajstić information content (AvgIpc) is 2.24. The molecule has 0 aromatic carbocycles. The van der Waals surface area contributed by atoms with Gasteiger partial charge in [-0.3, -0.25) is 4.79 Å². The first-order valence-electron chi connectivity index (χ1n) is 3.35. The maximum Gasteiger partial charge on any atom is 0.325 e. The average molecular weight is 243 g/mol. The van der Waals surface area contributed by atoms with Crippen LogP contribution in [0.25, 0.3) is 0 Å². The Bertz CT molecular complexity index is 447. The van der Waals surface area contributed by atoms with E-state index in [0.717, 1.165) is 16.0 Å². The molecule has 0 aliphatic heterocycles. The molecule has 5 nitrogen and oxygen atoms in total. The molecule has 1 aromatic heterocycles. The smallest absolute Gasteiger partial charge is 0.255 e. The molecule has 0 bridgehead atoms. The van der Waals surface area contributed by atoms with Crippen molar-refractivity contribution >= 4 is 31.1 Å². The molecule has 0 fully saturated rings. The minimum atomic E-state index is -3.55. The van der Waals surface area contributed by atoms with Crippen LogP contribution in [0.4, 0.5) is 0 Å². The van der Waals surface area contributed by atoms with Crippen LogP contribution in [0.5, 0.6) is 0 Å². The van der Waals surface area contributed by atoms with Crippen molar-refractivity contribution in [1.29, 1.82) is 0 Å². The van der Waals surface area contributed by atoms with E-state index in [1.807, 2.05) is 0 Å². The van der Waals surface area contributed by atoms with Crippen molar-refractivity contribution in [2.75, 3.05) is 5.75 Å². The lowest BCUT2D eigenvalue weighted by molar-refractivity contribution is 0.587. The predicted molar refractivity (Wildman–Crippen MR) is 50.8 cm³/mol. The van der Waals surface area contributed by atoms with Crippen LogP contribution in [0.2, 0.25) is 0 Å². The van der Waals surface area contributed by atoms with Gasteiger partial charge in [0.25, 0.3) is 0 Å². The lowest BCUT2D eigenvalue weighted by Gasteiger charge is -1.95. The highest BCUT2D eigenvalue weighted by molar-refractivity contribution is 8.13. The Morgan fingerprint density at radius 2 is 2.23 bits per heavy atom. The van der Waals surface area contributed by atoms with E-state index in [2.05, 4.69) is 5.10 Å². The number of nitrogens with zero attached hydrogens (tertiary/aromatic N) is 2. The van der Waals surface area contributed by atoms with Crippen LogP contribution in [0.1, 0.15) is 5.01 Å². The summed E-state index contributed by atoms with van der Waals surface area (Å²) in [5.74, 6) is -0.280. The highest BCUT2D eigenvalue weighted by Crippen LogP contribution is 1.99. The van der Waals surface area contributed by atoms with Crippen molar-refractivity contribution < 1.29 is 8.42 Å². The molecule has 0 saturated carbocycles. The lowest BCUT2D eigenvalue weighted by Crippen LogP contribution is -2.19. The van der Waals surface area contributed by atoms with Crippen LogP contribution in [0, 0.1) is 6.92 Å². The molecule has 0 aliphatic rings. The number of aromatic nitrogens is 2. The molecule has 0 atom stereocenters. The molecule has 0 radical (unpaired) electrons.